The van der Waals surface area contributed by atoms with E-state index >= 15 is 0 Å². The minimum absolute atomic E-state index is 0.0962. The second-order valence-corrected chi connectivity index (χ2v) is 3.89. The number of hydrogen-bond donors (Lipinski definition) is 0. The number of rotatable bonds is 4. The third-order valence-electron chi connectivity index (χ3n) is 2.63. The van der Waals surface area contributed by atoms with Gasteiger partial charge in [-0.1, -0.05) is 12.1 Å². The molecule has 2 rings (SSSR count). The van der Waals surface area contributed by atoms with Gasteiger partial charge < -0.3 is 4.74 Å². The molecule has 1 aromatic carbocycles. The third-order valence-corrected chi connectivity index (χ3v) is 2.63. The van der Waals surface area contributed by atoms with Crippen LogP contribution in [0, 0.1) is 6.92 Å². The molecule has 0 bridgehead atoms. The number of aromatic nitrogens is 1. The number of halogens is 2. The van der Waals surface area contributed by atoms with Gasteiger partial charge in [0, 0.05) is 18.0 Å². The zero-order chi connectivity index (χ0) is 13.8. The molecule has 0 saturated heterocycles. The Morgan fingerprint density at radius 3 is 2.63 bits per heavy atom. The first-order valence-electron chi connectivity index (χ1n) is 5.58. The molecular formula is C14H11F2NO2. The lowest BCUT2D eigenvalue weighted by molar-refractivity contribution is -0.0501. The van der Waals surface area contributed by atoms with Crippen LogP contribution in [0.25, 0.3) is 0 Å². The zero-order valence-electron chi connectivity index (χ0n) is 10.1. The second kappa shape index (κ2) is 5.56. The summed E-state index contributed by atoms with van der Waals surface area (Å²) >= 11 is 0. The number of ketones is 1. The van der Waals surface area contributed by atoms with Crippen LogP contribution in [0.1, 0.15) is 21.5 Å². The van der Waals surface area contributed by atoms with Crippen LogP contribution in [0.4, 0.5) is 8.78 Å². The van der Waals surface area contributed by atoms with Gasteiger partial charge >= 0.3 is 6.61 Å². The van der Waals surface area contributed by atoms with Crippen molar-refractivity contribution in [2.24, 2.45) is 0 Å². The van der Waals surface area contributed by atoms with Gasteiger partial charge in [-0.25, -0.2) is 0 Å². The van der Waals surface area contributed by atoms with Gasteiger partial charge in [-0.15, -0.1) is 0 Å². The molecule has 0 saturated carbocycles. The van der Waals surface area contributed by atoms with E-state index in [-0.39, 0.29) is 17.1 Å². The lowest BCUT2D eigenvalue weighted by Crippen LogP contribution is -2.10. The number of ether oxygens (including phenoxy) is 1. The average Bonchev–Trinajstić information content (AvgIpc) is 2.38. The lowest BCUT2D eigenvalue weighted by atomic mass is 10.0. The molecule has 0 radical (unpaired) electrons. The predicted octanol–water partition coefficient (Wildman–Crippen LogP) is 3.22. The molecular weight excluding hydrogens is 252 g/mol. The van der Waals surface area contributed by atoms with Gasteiger partial charge in [0.05, 0.1) is 5.56 Å². The molecule has 0 aliphatic rings. The Bertz CT molecular complexity index is 600. The summed E-state index contributed by atoms with van der Waals surface area (Å²) in [5, 5.41) is 0. The summed E-state index contributed by atoms with van der Waals surface area (Å²) in [6.07, 6.45) is 2.98. The molecule has 0 fully saturated rings. The van der Waals surface area contributed by atoms with Gasteiger partial charge in [-0.2, -0.15) is 8.78 Å². The number of nitrogens with zero attached hydrogens (tertiary/aromatic N) is 1. The van der Waals surface area contributed by atoms with Crippen molar-refractivity contribution in [3.8, 4) is 5.75 Å². The van der Waals surface area contributed by atoms with Crippen molar-refractivity contribution < 1.29 is 18.3 Å². The number of hydrogen-bond acceptors (Lipinski definition) is 3. The number of benzene rings is 1. The Hall–Kier alpha value is -2.30. The Kier molecular flexibility index (Phi) is 3.85. The summed E-state index contributed by atoms with van der Waals surface area (Å²) in [4.78, 5) is 16.2. The van der Waals surface area contributed by atoms with Crippen molar-refractivity contribution in [1.82, 2.24) is 4.98 Å². The molecule has 0 aliphatic heterocycles. The van der Waals surface area contributed by atoms with Crippen LogP contribution in [0.5, 0.6) is 5.75 Å². The molecule has 0 atom stereocenters. The molecule has 1 aromatic heterocycles. The maximum absolute atomic E-state index is 12.3. The van der Waals surface area contributed by atoms with Gasteiger partial charge in [0.1, 0.15) is 5.75 Å². The number of aryl methyl sites for hydroxylation is 1. The van der Waals surface area contributed by atoms with E-state index in [0.29, 0.717) is 5.56 Å². The van der Waals surface area contributed by atoms with E-state index in [0.717, 1.165) is 5.56 Å². The van der Waals surface area contributed by atoms with Crippen LogP contribution >= 0.6 is 0 Å². The van der Waals surface area contributed by atoms with Crippen LogP contribution in [0.3, 0.4) is 0 Å². The lowest BCUT2D eigenvalue weighted by Gasteiger charge is -2.10. The summed E-state index contributed by atoms with van der Waals surface area (Å²) < 4.78 is 29.0. The fourth-order valence-electron chi connectivity index (χ4n) is 1.70. The fraction of sp³-hybridized carbons (Fsp3) is 0.143. The van der Waals surface area contributed by atoms with Gasteiger partial charge in [0.15, 0.2) is 5.78 Å². The molecule has 2 aromatic rings. The Morgan fingerprint density at radius 1 is 1.21 bits per heavy atom. The summed E-state index contributed by atoms with van der Waals surface area (Å²) in [6.45, 7) is -1.21. The van der Waals surface area contributed by atoms with Crippen molar-refractivity contribution in [2.75, 3.05) is 0 Å². The van der Waals surface area contributed by atoms with Crippen molar-refractivity contribution in [2.45, 2.75) is 13.5 Å². The van der Waals surface area contributed by atoms with Gasteiger partial charge in [-0.3, -0.25) is 9.78 Å². The Morgan fingerprint density at radius 2 is 1.95 bits per heavy atom. The van der Waals surface area contributed by atoms with E-state index in [4.69, 9.17) is 0 Å². The summed E-state index contributed by atoms with van der Waals surface area (Å²) in [7, 11) is 0. The molecule has 3 nitrogen and oxygen atoms in total. The van der Waals surface area contributed by atoms with Gasteiger partial charge in [0.25, 0.3) is 0 Å². The topological polar surface area (TPSA) is 39.2 Å². The molecule has 19 heavy (non-hydrogen) atoms. The molecule has 98 valence electrons. The van der Waals surface area contributed by atoms with Crippen molar-refractivity contribution >= 4 is 5.78 Å². The minimum atomic E-state index is -2.97. The highest BCUT2D eigenvalue weighted by Gasteiger charge is 2.18. The van der Waals surface area contributed by atoms with Crippen LogP contribution in [-0.4, -0.2) is 17.4 Å². The maximum Gasteiger partial charge on any atom is 0.387 e. The fourth-order valence-corrected chi connectivity index (χ4v) is 1.70. The molecule has 0 unspecified atom stereocenters. The first kappa shape index (κ1) is 13.1. The highest BCUT2D eigenvalue weighted by atomic mass is 19.3. The number of para-hydroxylation sites is 1. The average molecular weight is 263 g/mol. The van der Waals surface area contributed by atoms with Crippen LogP contribution in [0.15, 0.2) is 42.7 Å². The van der Waals surface area contributed by atoms with E-state index in [2.05, 4.69) is 9.72 Å². The molecule has 0 aliphatic carbocycles. The molecule has 0 spiro atoms. The van der Waals surface area contributed by atoms with Crippen molar-refractivity contribution in [1.29, 1.82) is 0 Å². The summed E-state index contributed by atoms with van der Waals surface area (Å²) in [5.74, 6) is -0.521. The number of pyridine rings is 1. The van der Waals surface area contributed by atoms with E-state index in [1.807, 2.05) is 0 Å². The van der Waals surface area contributed by atoms with Crippen LogP contribution in [-0.2, 0) is 0 Å². The van der Waals surface area contributed by atoms with E-state index in [1.54, 1.807) is 25.3 Å². The van der Waals surface area contributed by atoms with Crippen molar-refractivity contribution in [3.05, 3.63) is 59.4 Å². The Balaban J connectivity index is 2.42. The normalized spacial score (nSPS) is 10.5. The second-order valence-electron chi connectivity index (χ2n) is 3.89. The van der Waals surface area contributed by atoms with E-state index in [9.17, 15) is 13.6 Å². The summed E-state index contributed by atoms with van der Waals surface area (Å²) in [6, 6.07) is 7.60. The number of carbonyl (C=O) groups excluding carboxylic acids is 1. The Labute approximate surface area is 108 Å². The standard InChI is InChI=1S/C14H11F2NO2/c1-9-6-7-17-8-11(9)13(18)10-4-2-3-5-12(10)19-14(15)16/h2-8,14H,1H3. The van der Waals surface area contributed by atoms with Gasteiger partial charge in [-0.05, 0) is 30.7 Å². The molecule has 0 amide bonds. The van der Waals surface area contributed by atoms with Crippen LogP contribution in [0.2, 0.25) is 0 Å². The maximum atomic E-state index is 12.3. The SMILES string of the molecule is Cc1ccncc1C(=O)c1ccccc1OC(F)F. The number of carbonyl (C=O) groups is 1. The minimum Gasteiger partial charge on any atom is -0.434 e. The van der Waals surface area contributed by atoms with Crippen molar-refractivity contribution in [3.63, 3.8) is 0 Å². The quantitative estimate of drug-likeness (QED) is 0.795. The van der Waals surface area contributed by atoms with Crippen LogP contribution < -0.4 is 4.74 Å². The molecule has 1 heterocycles. The largest absolute Gasteiger partial charge is 0.434 e. The third kappa shape index (κ3) is 2.93. The highest BCUT2D eigenvalue weighted by molar-refractivity contribution is 6.11. The summed E-state index contributed by atoms with van der Waals surface area (Å²) in [5.41, 5.74) is 1.19. The molecule has 5 heteroatoms. The zero-order valence-corrected chi connectivity index (χ0v) is 10.1. The number of alkyl halides is 2. The van der Waals surface area contributed by atoms with Gasteiger partial charge in [0.2, 0.25) is 0 Å². The smallest absolute Gasteiger partial charge is 0.387 e. The van der Waals surface area contributed by atoms with E-state index < -0.39 is 6.61 Å². The first-order chi connectivity index (χ1) is 9.09. The predicted molar refractivity (Wildman–Crippen MR) is 65.5 cm³/mol. The highest BCUT2D eigenvalue weighted by Crippen LogP contribution is 2.24. The monoisotopic (exact) mass is 263 g/mol. The first-order valence-corrected chi connectivity index (χ1v) is 5.58. The van der Waals surface area contributed by atoms with E-state index in [1.165, 1.54) is 24.4 Å². The molecule has 0 N–H and O–H groups in total.